The van der Waals surface area contributed by atoms with Gasteiger partial charge in [0.05, 0.1) is 12.8 Å². The number of methoxy groups -OCH3 is 1. The molecule has 0 aliphatic rings. The van der Waals surface area contributed by atoms with Gasteiger partial charge in [0.25, 0.3) is 0 Å². The molecule has 1 aromatic carbocycles. The number of oxazole rings is 1. The molecule has 4 nitrogen and oxygen atoms in total. The molecule has 0 saturated heterocycles. The Morgan fingerprint density at radius 3 is 2.80 bits per heavy atom. The molecule has 0 saturated carbocycles. The van der Waals surface area contributed by atoms with Crippen LogP contribution in [-0.2, 0) is 11.2 Å². The van der Waals surface area contributed by atoms with Gasteiger partial charge >= 0.3 is 0 Å². The molecule has 0 aliphatic carbocycles. The zero-order valence-electron chi connectivity index (χ0n) is 11.6. The molecule has 5 heteroatoms. The highest BCUT2D eigenvalue weighted by Crippen LogP contribution is 2.22. The number of nitrogens with zero attached hydrogens (tertiary/aromatic N) is 1. The van der Waals surface area contributed by atoms with Crippen LogP contribution in [0.2, 0.25) is 5.02 Å². The maximum Gasteiger partial charge on any atom is 0.194 e. The average Bonchev–Trinajstić information content (AvgIpc) is 2.92. The standard InChI is InChI=1S/C15H19ClN2O2/c1-19-10-9-17-8-2-3-15-18-11-14(20-15)12-4-6-13(16)7-5-12/h4-7,11,17H,2-3,8-10H2,1H3. The summed E-state index contributed by atoms with van der Waals surface area (Å²) in [5.41, 5.74) is 0.992. The monoisotopic (exact) mass is 294 g/mol. The maximum atomic E-state index is 5.86. The first-order valence-electron chi connectivity index (χ1n) is 6.70. The third kappa shape index (κ3) is 4.63. The number of benzene rings is 1. The minimum atomic E-state index is 0.718. The molecule has 1 N–H and O–H groups in total. The van der Waals surface area contributed by atoms with Crippen molar-refractivity contribution in [1.29, 1.82) is 0 Å². The number of halogens is 1. The number of hydrogen-bond acceptors (Lipinski definition) is 4. The van der Waals surface area contributed by atoms with Crippen LogP contribution in [0.5, 0.6) is 0 Å². The van der Waals surface area contributed by atoms with Crippen LogP contribution in [0.4, 0.5) is 0 Å². The third-order valence-corrected chi connectivity index (χ3v) is 3.16. The van der Waals surface area contributed by atoms with Gasteiger partial charge in [0, 0.05) is 30.7 Å². The van der Waals surface area contributed by atoms with E-state index in [1.54, 1.807) is 13.3 Å². The summed E-state index contributed by atoms with van der Waals surface area (Å²) in [7, 11) is 1.70. The number of nitrogens with one attached hydrogen (secondary N) is 1. The van der Waals surface area contributed by atoms with Crippen LogP contribution < -0.4 is 5.32 Å². The Balaban J connectivity index is 1.79. The smallest absolute Gasteiger partial charge is 0.194 e. The Bertz CT molecular complexity index is 511. The van der Waals surface area contributed by atoms with Gasteiger partial charge in [-0.05, 0) is 37.2 Å². The Kier molecular flexibility index (Phi) is 6.05. The predicted octanol–water partition coefficient (Wildman–Crippen LogP) is 3.16. The van der Waals surface area contributed by atoms with Crippen molar-refractivity contribution in [2.24, 2.45) is 0 Å². The van der Waals surface area contributed by atoms with Gasteiger partial charge in [-0.1, -0.05) is 11.6 Å². The Hall–Kier alpha value is -1.36. The molecular formula is C15H19ClN2O2. The highest BCUT2D eigenvalue weighted by molar-refractivity contribution is 6.30. The molecule has 1 heterocycles. The van der Waals surface area contributed by atoms with Crippen molar-refractivity contribution in [2.75, 3.05) is 26.8 Å². The first-order valence-corrected chi connectivity index (χ1v) is 7.07. The lowest BCUT2D eigenvalue weighted by atomic mass is 10.2. The lowest BCUT2D eigenvalue weighted by molar-refractivity contribution is 0.199. The van der Waals surface area contributed by atoms with Gasteiger partial charge in [-0.2, -0.15) is 0 Å². The van der Waals surface area contributed by atoms with E-state index in [9.17, 15) is 0 Å². The molecule has 1 aromatic heterocycles. The molecular weight excluding hydrogens is 276 g/mol. The summed E-state index contributed by atoms with van der Waals surface area (Å²) in [6, 6.07) is 7.55. The minimum Gasteiger partial charge on any atom is -0.441 e. The molecule has 2 aromatic rings. The van der Waals surface area contributed by atoms with Crippen LogP contribution in [0, 0.1) is 0 Å². The van der Waals surface area contributed by atoms with Crippen LogP contribution in [0.25, 0.3) is 11.3 Å². The predicted molar refractivity (Wildman–Crippen MR) is 80.0 cm³/mol. The van der Waals surface area contributed by atoms with E-state index in [0.717, 1.165) is 54.8 Å². The molecule has 0 amide bonds. The summed E-state index contributed by atoms with van der Waals surface area (Å²) in [6.45, 7) is 2.54. The van der Waals surface area contributed by atoms with Crippen molar-refractivity contribution >= 4 is 11.6 Å². The fourth-order valence-electron chi connectivity index (χ4n) is 1.84. The van der Waals surface area contributed by atoms with Crippen molar-refractivity contribution in [3.05, 3.63) is 41.4 Å². The molecule has 108 valence electrons. The molecule has 0 spiro atoms. The van der Waals surface area contributed by atoms with E-state index in [1.165, 1.54) is 0 Å². The molecule has 0 aliphatic heterocycles. The second-order valence-electron chi connectivity index (χ2n) is 4.47. The summed E-state index contributed by atoms with van der Waals surface area (Å²) in [5.74, 6) is 1.55. The maximum absolute atomic E-state index is 5.86. The first kappa shape index (κ1) is 15.0. The molecule has 2 rings (SSSR count). The molecule has 0 atom stereocenters. The van der Waals surface area contributed by atoms with E-state index in [0.29, 0.717) is 0 Å². The number of rotatable bonds is 8. The molecule has 0 bridgehead atoms. The van der Waals surface area contributed by atoms with Crippen LogP contribution in [0.1, 0.15) is 12.3 Å². The molecule has 20 heavy (non-hydrogen) atoms. The fourth-order valence-corrected chi connectivity index (χ4v) is 1.96. The summed E-state index contributed by atoms with van der Waals surface area (Å²) in [5, 5.41) is 4.01. The number of ether oxygens (including phenoxy) is 1. The van der Waals surface area contributed by atoms with Crippen LogP contribution in [0.15, 0.2) is 34.9 Å². The van der Waals surface area contributed by atoms with Gasteiger partial charge < -0.3 is 14.5 Å². The topological polar surface area (TPSA) is 47.3 Å². The van der Waals surface area contributed by atoms with Gasteiger partial charge in [-0.25, -0.2) is 4.98 Å². The van der Waals surface area contributed by atoms with Gasteiger partial charge in [0.15, 0.2) is 11.7 Å². The lowest BCUT2D eigenvalue weighted by Gasteiger charge is -2.02. The van der Waals surface area contributed by atoms with Gasteiger partial charge in [-0.15, -0.1) is 0 Å². The van der Waals surface area contributed by atoms with Crippen molar-refractivity contribution in [3.8, 4) is 11.3 Å². The minimum absolute atomic E-state index is 0.718. The van der Waals surface area contributed by atoms with Crippen LogP contribution >= 0.6 is 11.6 Å². The average molecular weight is 295 g/mol. The molecule has 0 radical (unpaired) electrons. The first-order chi connectivity index (χ1) is 9.79. The van der Waals surface area contributed by atoms with E-state index in [1.807, 2.05) is 24.3 Å². The Morgan fingerprint density at radius 1 is 1.25 bits per heavy atom. The third-order valence-electron chi connectivity index (χ3n) is 2.91. The molecule has 0 fully saturated rings. The van der Waals surface area contributed by atoms with Gasteiger partial charge in [-0.3, -0.25) is 0 Å². The Morgan fingerprint density at radius 2 is 2.05 bits per heavy atom. The van der Waals surface area contributed by atoms with E-state index >= 15 is 0 Å². The zero-order valence-corrected chi connectivity index (χ0v) is 12.3. The van der Waals surface area contributed by atoms with E-state index in [-0.39, 0.29) is 0 Å². The lowest BCUT2D eigenvalue weighted by Crippen LogP contribution is -2.20. The highest BCUT2D eigenvalue weighted by Gasteiger charge is 2.06. The number of aryl methyl sites for hydroxylation is 1. The number of hydrogen-bond donors (Lipinski definition) is 1. The van der Waals surface area contributed by atoms with Crippen molar-refractivity contribution in [1.82, 2.24) is 10.3 Å². The number of aromatic nitrogens is 1. The largest absolute Gasteiger partial charge is 0.441 e. The second kappa shape index (κ2) is 8.04. The van der Waals surface area contributed by atoms with Gasteiger partial charge in [0.1, 0.15) is 0 Å². The normalized spacial score (nSPS) is 10.9. The summed E-state index contributed by atoms with van der Waals surface area (Å²) in [6.07, 6.45) is 3.58. The quantitative estimate of drug-likeness (QED) is 0.760. The van der Waals surface area contributed by atoms with Crippen molar-refractivity contribution < 1.29 is 9.15 Å². The van der Waals surface area contributed by atoms with E-state index in [4.69, 9.17) is 20.8 Å². The molecule has 0 unspecified atom stereocenters. The van der Waals surface area contributed by atoms with Crippen molar-refractivity contribution in [2.45, 2.75) is 12.8 Å². The van der Waals surface area contributed by atoms with Gasteiger partial charge in [0.2, 0.25) is 0 Å². The zero-order chi connectivity index (χ0) is 14.2. The van der Waals surface area contributed by atoms with Crippen LogP contribution in [-0.4, -0.2) is 31.8 Å². The van der Waals surface area contributed by atoms with E-state index in [2.05, 4.69) is 10.3 Å². The summed E-state index contributed by atoms with van der Waals surface area (Å²) in [4.78, 5) is 4.30. The van der Waals surface area contributed by atoms with Crippen molar-refractivity contribution in [3.63, 3.8) is 0 Å². The highest BCUT2D eigenvalue weighted by atomic mass is 35.5. The summed E-state index contributed by atoms with van der Waals surface area (Å²) >= 11 is 5.86. The van der Waals surface area contributed by atoms with E-state index < -0.39 is 0 Å². The SMILES string of the molecule is COCCNCCCc1ncc(-c2ccc(Cl)cc2)o1. The fraction of sp³-hybridized carbons (Fsp3) is 0.400. The summed E-state index contributed by atoms with van der Waals surface area (Å²) < 4.78 is 10.7. The second-order valence-corrected chi connectivity index (χ2v) is 4.91. The Labute approximate surface area is 124 Å². The van der Waals surface area contributed by atoms with Crippen LogP contribution in [0.3, 0.4) is 0 Å².